The van der Waals surface area contributed by atoms with Crippen LogP contribution in [0.2, 0.25) is 0 Å². The Kier molecular flexibility index (Phi) is 3.77. The Morgan fingerprint density at radius 2 is 1.48 bits per heavy atom. The molecular formula is C24H18N2O3. The number of aromatic nitrogens is 1. The Balaban J connectivity index is 1.57. The second kappa shape index (κ2) is 6.34. The molecule has 0 radical (unpaired) electrons. The molecule has 5 rings (SSSR count). The van der Waals surface area contributed by atoms with Crippen molar-refractivity contribution in [2.45, 2.75) is 13.5 Å². The van der Waals surface area contributed by atoms with E-state index in [1.54, 1.807) is 12.1 Å². The standard InChI is InChI=1S/C24H18N2O3/c1-15-7-9-17(10-8-15)21-12-18-11-19-20(13-22(18)26(21)29)24(28)25(23(19)27)14-16-5-3-2-4-6-16/h2-13,29H,14H2,1H3. The highest BCUT2D eigenvalue weighted by molar-refractivity contribution is 6.23. The summed E-state index contributed by atoms with van der Waals surface area (Å²) in [6.07, 6.45) is 0. The highest BCUT2D eigenvalue weighted by atomic mass is 16.5. The van der Waals surface area contributed by atoms with Crippen molar-refractivity contribution in [1.82, 2.24) is 9.63 Å². The largest absolute Gasteiger partial charge is 0.428 e. The van der Waals surface area contributed by atoms with Gasteiger partial charge in [-0.15, -0.1) is 0 Å². The number of hydrogen-bond acceptors (Lipinski definition) is 3. The lowest BCUT2D eigenvalue weighted by Crippen LogP contribution is -2.29. The van der Waals surface area contributed by atoms with Gasteiger partial charge < -0.3 is 5.21 Å². The van der Waals surface area contributed by atoms with Gasteiger partial charge in [-0.3, -0.25) is 14.5 Å². The molecule has 2 heterocycles. The van der Waals surface area contributed by atoms with Gasteiger partial charge in [-0.1, -0.05) is 60.2 Å². The number of aryl methyl sites for hydroxylation is 1. The number of rotatable bonds is 3. The second-order valence-electron chi connectivity index (χ2n) is 7.35. The van der Waals surface area contributed by atoms with Crippen LogP contribution in [0.4, 0.5) is 0 Å². The van der Waals surface area contributed by atoms with E-state index in [2.05, 4.69) is 0 Å². The fraction of sp³-hybridized carbons (Fsp3) is 0.0833. The van der Waals surface area contributed by atoms with E-state index in [1.165, 1.54) is 4.90 Å². The van der Waals surface area contributed by atoms with Crippen LogP contribution in [0, 0.1) is 6.92 Å². The number of carbonyl (C=O) groups excluding carboxylic acids is 2. The van der Waals surface area contributed by atoms with E-state index in [9.17, 15) is 14.8 Å². The van der Waals surface area contributed by atoms with Gasteiger partial charge in [-0.25, -0.2) is 0 Å². The minimum atomic E-state index is -0.339. The van der Waals surface area contributed by atoms with Gasteiger partial charge in [0.25, 0.3) is 11.8 Å². The minimum Gasteiger partial charge on any atom is -0.428 e. The maximum Gasteiger partial charge on any atom is 0.261 e. The first-order valence-electron chi connectivity index (χ1n) is 9.39. The molecule has 0 aliphatic carbocycles. The third-order valence-corrected chi connectivity index (χ3v) is 5.40. The van der Waals surface area contributed by atoms with E-state index in [4.69, 9.17) is 0 Å². The molecule has 0 atom stereocenters. The van der Waals surface area contributed by atoms with Crippen molar-refractivity contribution in [2.75, 3.05) is 0 Å². The molecule has 3 aromatic carbocycles. The van der Waals surface area contributed by atoms with Crippen molar-refractivity contribution in [3.8, 4) is 11.3 Å². The third-order valence-electron chi connectivity index (χ3n) is 5.40. The van der Waals surface area contributed by atoms with Crippen molar-refractivity contribution in [1.29, 1.82) is 0 Å². The molecule has 142 valence electrons. The van der Waals surface area contributed by atoms with E-state index >= 15 is 0 Å². The first kappa shape index (κ1) is 17.3. The topological polar surface area (TPSA) is 62.5 Å². The second-order valence-corrected chi connectivity index (χ2v) is 7.35. The highest BCUT2D eigenvalue weighted by Gasteiger charge is 2.36. The fourth-order valence-corrected chi connectivity index (χ4v) is 3.82. The first-order valence-corrected chi connectivity index (χ1v) is 9.39. The van der Waals surface area contributed by atoms with Gasteiger partial charge >= 0.3 is 0 Å². The van der Waals surface area contributed by atoms with Crippen LogP contribution in [-0.4, -0.2) is 26.7 Å². The van der Waals surface area contributed by atoms with Crippen LogP contribution >= 0.6 is 0 Å². The fourth-order valence-electron chi connectivity index (χ4n) is 3.82. The maximum atomic E-state index is 12.9. The summed E-state index contributed by atoms with van der Waals surface area (Å²) < 4.78 is 1.08. The van der Waals surface area contributed by atoms with Crippen molar-refractivity contribution >= 4 is 22.7 Å². The van der Waals surface area contributed by atoms with E-state index < -0.39 is 0 Å². The summed E-state index contributed by atoms with van der Waals surface area (Å²) >= 11 is 0. The normalized spacial score (nSPS) is 13.3. The van der Waals surface area contributed by atoms with Crippen LogP contribution in [0.1, 0.15) is 31.8 Å². The number of fused-ring (bicyclic) bond motifs is 2. The molecule has 1 aliphatic rings. The summed E-state index contributed by atoms with van der Waals surface area (Å²) in [5.41, 5.74) is 4.69. The van der Waals surface area contributed by atoms with Crippen molar-refractivity contribution in [3.05, 3.63) is 95.1 Å². The molecule has 5 nitrogen and oxygen atoms in total. The summed E-state index contributed by atoms with van der Waals surface area (Å²) in [7, 11) is 0. The van der Waals surface area contributed by atoms with Gasteiger partial charge in [0.2, 0.25) is 0 Å². The summed E-state index contributed by atoms with van der Waals surface area (Å²) in [6.45, 7) is 2.23. The van der Waals surface area contributed by atoms with Crippen LogP contribution in [0.3, 0.4) is 0 Å². The molecule has 4 aromatic rings. The molecular weight excluding hydrogens is 364 g/mol. The van der Waals surface area contributed by atoms with Crippen LogP contribution in [0.5, 0.6) is 0 Å². The Bertz CT molecular complexity index is 1270. The summed E-state index contributed by atoms with van der Waals surface area (Å²) in [6, 6.07) is 22.4. The number of imide groups is 1. The van der Waals surface area contributed by atoms with E-state index in [0.29, 0.717) is 27.7 Å². The van der Waals surface area contributed by atoms with Gasteiger partial charge in [0.15, 0.2) is 0 Å². The zero-order valence-corrected chi connectivity index (χ0v) is 15.8. The molecule has 0 saturated heterocycles. The molecule has 1 N–H and O–H groups in total. The molecule has 5 heteroatoms. The summed E-state index contributed by atoms with van der Waals surface area (Å²) in [5, 5.41) is 11.4. The van der Waals surface area contributed by atoms with Gasteiger partial charge in [-0.05, 0) is 30.7 Å². The Morgan fingerprint density at radius 1 is 0.828 bits per heavy atom. The number of benzene rings is 3. The van der Waals surface area contributed by atoms with Gasteiger partial charge in [0.05, 0.1) is 28.9 Å². The monoisotopic (exact) mass is 382 g/mol. The summed E-state index contributed by atoms with van der Waals surface area (Å²) in [5.74, 6) is -0.646. The zero-order chi connectivity index (χ0) is 20.1. The Hall–Kier alpha value is -3.86. The number of carbonyl (C=O) groups is 2. The molecule has 0 saturated carbocycles. The molecule has 0 fully saturated rings. The van der Waals surface area contributed by atoms with Crippen LogP contribution in [-0.2, 0) is 6.54 Å². The Morgan fingerprint density at radius 3 is 2.17 bits per heavy atom. The Labute approximate surface area is 167 Å². The number of amides is 2. The number of nitrogens with zero attached hydrogens (tertiary/aromatic N) is 2. The SMILES string of the molecule is Cc1ccc(-c2cc3cc4c(cc3n2O)C(=O)N(Cc2ccccc2)C4=O)cc1. The average molecular weight is 382 g/mol. The van der Waals surface area contributed by atoms with E-state index in [0.717, 1.165) is 21.4 Å². The highest BCUT2D eigenvalue weighted by Crippen LogP contribution is 2.33. The van der Waals surface area contributed by atoms with Crippen LogP contribution in [0.15, 0.2) is 72.8 Å². The maximum absolute atomic E-state index is 12.9. The molecule has 0 bridgehead atoms. The van der Waals surface area contributed by atoms with E-state index in [1.807, 2.05) is 67.6 Å². The average Bonchev–Trinajstić information content (AvgIpc) is 3.18. The summed E-state index contributed by atoms with van der Waals surface area (Å²) in [4.78, 5) is 27.0. The molecule has 2 amide bonds. The lowest BCUT2D eigenvalue weighted by atomic mass is 10.1. The molecule has 1 aliphatic heterocycles. The lowest BCUT2D eigenvalue weighted by molar-refractivity contribution is 0.0642. The van der Waals surface area contributed by atoms with Crippen LogP contribution in [0.25, 0.3) is 22.2 Å². The zero-order valence-electron chi connectivity index (χ0n) is 15.8. The molecule has 0 unspecified atom stereocenters. The third kappa shape index (κ3) is 2.70. The first-order chi connectivity index (χ1) is 14.0. The molecule has 29 heavy (non-hydrogen) atoms. The lowest BCUT2D eigenvalue weighted by Gasteiger charge is -2.13. The van der Waals surface area contributed by atoms with Gasteiger partial charge in [-0.2, -0.15) is 4.73 Å². The smallest absolute Gasteiger partial charge is 0.261 e. The van der Waals surface area contributed by atoms with Gasteiger partial charge in [0, 0.05) is 10.9 Å². The molecule has 1 aromatic heterocycles. The van der Waals surface area contributed by atoms with E-state index in [-0.39, 0.29) is 18.4 Å². The predicted octanol–water partition coefficient (Wildman–Crippen LogP) is 4.65. The quantitative estimate of drug-likeness (QED) is 0.414. The predicted molar refractivity (Wildman–Crippen MR) is 110 cm³/mol. The molecule has 0 spiro atoms. The van der Waals surface area contributed by atoms with Crippen molar-refractivity contribution in [3.63, 3.8) is 0 Å². The van der Waals surface area contributed by atoms with Crippen LogP contribution < -0.4 is 0 Å². The van der Waals surface area contributed by atoms with Gasteiger partial charge in [0.1, 0.15) is 0 Å². The van der Waals surface area contributed by atoms with Crippen molar-refractivity contribution in [2.24, 2.45) is 0 Å². The number of hydrogen-bond donors (Lipinski definition) is 1. The van der Waals surface area contributed by atoms with Crippen molar-refractivity contribution < 1.29 is 14.8 Å². The minimum absolute atomic E-state index is 0.227.